The van der Waals surface area contributed by atoms with Crippen LogP contribution in [-0.4, -0.2) is 44.1 Å². The van der Waals surface area contributed by atoms with E-state index in [1.165, 1.54) is 50.7 Å². The highest BCUT2D eigenvalue weighted by atomic mass is 35.5. The smallest absolute Gasteiger partial charge is 0.324 e. The first-order valence-corrected chi connectivity index (χ1v) is 12.3. The number of anilines is 2. The molecule has 7 rings (SSSR count). The van der Waals surface area contributed by atoms with Crippen molar-refractivity contribution in [3.63, 3.8) is 0 Å². The summed E-state index contributed by atoms with van der Waals surface area (Å²) in [5.41, 5.74) is 2.39. The summed E-state index contributed by atoms with van der Waals surface area (Å²) in [6, 6.07) is 13.4. The molecule has 0 aliphatic carbocycles. The molecule has 3 aliphatic rings. The van der Waals surface area contributed by atoms with Gasteiger partial charge in [-0.15, -0.1) is 0 Å². The summed E-state index contributed by atoms with van der Waals surface area (Å²) in [6.07, 6.45) is 5.16. The number of rotatable bonds is 4. The summed E-state index contributed by atoms with van der Waals surface area (Å²) >= 11 is 12.5. The maximum atomic E-state index is 12.9. The van der Waals surface area contributed by atoms with Crippen molar-refractivity contribution in [1.82, 2.24) is 24.4 Å². The molecule has 3 N–H and O–H groups in total. The van der Waals surface area contributed by atoms with Crippen LogP contribution in [0.3, 0.4) is 0 Å². The second-order valence-corrected chi connectivity index (χ2v) is 10.0. The van der Waals surface area contributed by atoms with E-state index in [9.17, 15) is 4.79 Å². The Morgan fingerprint density at radius 1 is 1.00 bits per heavy atom. The van der Waals surface area contributed by atoms with Gasteiger partial charge >= 0.3 is 5.69 Å². The number of hydrogen-bond acceptors (Lipinski definition) is 6. The summed E-state index contributed by atoms with van der Waals surface area (Å²) in [7, 11) is 0. The highest BCUT2D eigenvalue weighted by Crippen LogP contribution is 2.43. The second-order valence-electron chi connectivity index (χ2n) is 9.21. The Morgan fingerprint density at radius 2 is 1.66 bits per heavy atom. The Bertz CT molecular complexity index is 1520. The molecule has 35 heavy (non-hydrogen) atoms. The van der Waals surface area contributed by atoms with Gasteiger partial charge in [-0.05, 0) is 74.1 Å². The van der Waals surface area contributed by atoms with E-state index in [2.05, 4.69) is 49.4 Å². The standard InChI is InChI=1S/C25H23Cl2N7O/c26-18-2-1-3-19(27)20(18)34-21(28)17-14-29-23(31-22(17)32-24(34)35)30-16-6-4-15(5-7-16)25-8-11-33(12-9-25)13-10-25/h1-7,14,28H,8-13H2,(H2,29,30,31,32,35). The van der Waals surface area contributed by atoms with Crippen molar-refractivity contribution < 1.29 is 0 Å². The maximum Gasteiger partial charge on any atom is 0.333 e. The first-order valence-electron chi connectivity index (χ1n) is 11.5. The van der Waals surface area contributed by atoms with Crippen LogP contribution in [0.15, 0.2) is 53.5 Å². The molecule has 0 saturated carbocycles. The molecule has 10 heteroatoms. The molecule has 3 fully saturated rings. The Morgan fingerprint density at radius 3 is 2.31 bits per heavy atom. The van der Waals surface area contributed by atoms with Crippen LogP contribution in [-0.2, 0) is 5.41 Å². The number of benzene rings is 2. The van der Waals surface area contributed by atoms with Gasteiger partial charge in [0.2, 0.25) is 5.95 Å². The molecule has 5 heterocycles. The molecule has 178 valence electrons. The minimum Gasteiger partial charge on any atom is -0.324 e. The zero-order valence-corrected chi connectivity index (χ0v) is 20.3. The fraction of sp³-hybridized carbons (Fsp3) is 0.280. The number of nitrogens with zero attached hydrogens (tertiary/aromatic N) is 4. The van der Waals surface area contributed by atoms with Gasteiger partial charge in [0.1, 0.15) is 5.49 Å². The third-order valence-corrected chi connectivity index (χ3v) is 7.94. The third-order valence-electron chi connectivity index (χ3n) is 7.33. The molecule has 3 aliphatic heterocycles. The predicted octanol–water partition coefficient (Wildman–Crippen LogP) is 4.38. The Hall–Kier alpha value is -3.20. The van der Waals surface area contributed by atoms with Crippen LogP contribution in [0.1, 0.15) is 24.8 Å². The van der Waals surface area contributed by atoms with Crippen LogP contribution in [0.4, 0.5) is 11.6 Å². The van der Waals surface area contributed by atoms with Crippen molar-refractivity contribution in [1.29, 1.82) is 5.41 Å². The molecule has 0 spiro atoms. The fourth-order valence-corrected chi connectivity index (χ4v) is 5.87. The number of aromatic amines is 1. The van der Waals surface area contributed by atoms with Gasteiger partial charge in [0.25, 0.3) is 0 Å². The van der Waals surface area contributed by atoms with E-state index in [0.29, 0.717) is 16.7 Å². The van der Waals surface area contributed by atoms with Gasteiger partial charge in [-0.1, -0.05) is 41.4 Å². The lowest BCUT2D eigenvalue weighted by atomic mass is 9.67. The first-order chi connectivity index (χ1) is 16.9. The molecule has 2 bridgehead atoms. The SMILES string of the molecule is N=c1c2cnc(Nc3ccc(C45CCN(CC4)CC5)cc3)nc2[nH]c(=O)n1-c1c(Cl)cccc1Cl. The van der Waals surface area contributed by atoms with Crippen molar-refractivity contribution in [3.05, 3.63) is 80.2 Å². The number of fused-ring (bicyclic) bond motifs is 4. The summed E-state index contributed by atoms with van der Waals surface area (Å²) in [4.78, 5) is 26.9. The Balaban J connectivity index is 1.30. The highest BCUT2D eigenvalue weighted by molar-refractivity contribution is 6.37. The first kappa shape index (κ1) is 22.3. The van der Waals surface area contributed by atoms with Crippen molar-refractivity contribution in [3.8, 4) is 5.69 Å². The van der Waals surface area contributed by atoms with E-state index >= 15 is 0 Å². The summed E-state index contributed by atoms with van der Waals surface area (Å²) in [5, 5.41) is 12.7. The molecule has 3 saturated heterocycles. The number of halogens is 2. The number of para-hydroxylation sites is 1. The monoisotopic (exact) mass is 507 g/mol. The molecule has 4 aromatic rings. The lowest BCUT2D eigenvalue weighted by molar-refractivity contribution is 0.0818. The number of aromatic nitrogens is 4. The van der Waals surface area contributed by atoms with E-state index in [1.807, 2.05) is 0 Å². The molecule has 0 amide bonds. The minimum atomic E-state index is -0.565. The van der Waals surface area contributed by atoms with Crippen molar-refractivity contribution >= 4 is 45.9 Å². The predicted molar refractivity (Wildman–Crippen MR) is 137 cm³/mol. The molecular formula is C25H23Cl2N7O. The molecule has 2 aromatic heterocycles. The van der Waals surface area contributed by atoms with Gasteiger partial charge in [0.15, 0.2) is 5.65 Å². The molecule has 8 nitrogen and oxygen atoms in total. The molecule has 0 unspecified atom stereocenters. The average Bonchev–Trinajstić information content (AvgIpc) is 2.87. The van der Waals surface area contributed by atoms with E-state index in [1.54, 1.807) is 18.2 Å². The molecular weight excluding hydrogens is 485 g/mol. The zero-order chi connectivity index (χ0) is 24.2. The topological polar surface area (TPSA) is 103 Å². The molecule has 0 radical (unpaired) electrons. The summed E-state index contributed by atoms with van der Waals surface area (Å²) in [6.45, 7) is 3.55. The largest absolute Gasteiger partial charge is 0.333 e. The number of H-pyrrole nitrogens is 1. The van der Waals surface area contributed by atoms with Crippen LogP contribution < -0.4 is 16.5 Å². The zero-order valence-electron chi connectivity index (χ0n) is 18.8. The number of piperidine rings is 3. The summed E-state index contributed by atoms with van der Waals surface area (Å²) < 4.78 is 1.12. The van der Waals surface area contributed by atoms with Crippen molar-refractivity contribution in [2.45, 2.75) is 24.7 Å². The lowest BCUT2D eigenvalue weighted by Crippen LogP contribution is -2.50. The van der Waals surface area contributed by atoms with Crippen LogP contribution >= 0.6 is 23.2 Å². The van der Waals surface area contributed by atoms with E-state index in [-0.39, 0.29) is 26.9 Å². The van der Waals surface area contributed by atoms with Gasteiger partial charge < -0.3 is 10.2 Å². The third kappa shape index (κ3) is 3.82. The van der Waals surface area contributed by atoms with Crippen molar-refractivity contribution in [2.24, 2.45) is 0 Å². The van der Waals surface area contributed by atoms with Crippen molar-refractivity contribution in [2.75, 3.05) is 25.0 Å². The van der Waals surface area contributed by atoms with Crippen LogP contribution in [0.2, 0.25) is 10.0 Å². The van der Waals surface area contributed by atoms with E-state index in [4.69, 9.17) is 28.6 Å². The minimum absolute atomic E-state index is 0.104. The Kier molecular flexibility index (Phi) is 5.40. The van der Waals surface area contributed by atoms with Gasteiger partial charge in [-0.3, -0.25) is 10.4 Å². The normalized spacial score (nSPS) is 21.4. The fourth-order valence-electron chi connectivity index (χ4n) is 5.30. The van der Waals surface area contributed by atoms with E-state index < -0.39 is 5.69 Å². The van der Waals surface area contributed by atoms with Gasteiger partial charge in [-0.2, -0.15) is 4.98 Å². The second kappa shape index (κ2) is 8.48. The Labute approximate surface area is 211 Å². The number of hydrogen-bond donors (Lipinski definition) is 3. The lowest BCUT2D eigenvalue weighted by Gasteiger charge is -2.48. The van der Waals surface area contributed by atoms with Crippen LogP contribution in [0.25, 0.3) is 16.7 Å². The average molecular weight is 508 g/mol. The quantitative estimate of drug-likeness (QED) is 0.380. The van der Waals surface area contributed by atoms with Gasteiger partial charge in [-0.25, -0.2) is 14.3 Å². The van der Waals surface area contributed by atoms with Gasteiger partial charge in [0, 0.05) is 11.9 Å². The highest BCUT2D eigenvalue weighted by Gasteiger charge is 2.40. The van der Waals surface area contributed by atoms with Crippen LogP contribution in [0.5, 0.6) is 0 Å². The van der Waals surface area contributed by atoms with Crippen LogP contribution in [0, 0.1) is 5.41 Å². The number of nitrogens with one attached hydrogen (secondary N) is 3. The van der Waals surface area contributed by atoms with Gasteiger partial charge in [0.05, 0.1) is 21.1 Å². The molecule has 2 aromatic carbocycles. The molecule has 0 atom stereocenters. The summed E-state index contributed by atoms with van der Waals surface area (Å²) in [5.74, 6) is 0.331. The van der Waals surface area contributed by atoms with E-state index in [0.717, 1.165) is 10.3 Å². The maximum absolute atomic E-state index is 12.9.